The Morgan fingerprint density at radius 1 is 1.18 bits per heavy atom. The summed E-state index contributed by atoms with van der Waals surface area (Å²) in [6.07, 6.45) is 0. The first-order chi connectivity index (χ1) is 13.4. The van der Waals surface area contributed by atoms with Crippen LogP contribution in [0.3, 0.4) is 0 Å². The summed E-state index contributed by atoms with van der Waals surface area (Å²) in [6.45, 7) is -0.205. The number of anilines is 2. The molecule has 1 aliphatic rings. The first kappa shape index (κ1) is 18.5. The zero-order valence-electron chi connectivity index (χ0n) is 14.8. The van der Waals surface area contributed by atoms with Gasteiger partial charge in [0.05, 0.1) is 6.54 Å². The minimum absolute atomic E-state index is 0.0396. The van der Waals surface area contributed by atoms with E-state index < -0.39 is 20.5 Å². The SMILES string of the molecule is Nc1ccc2c(F)c(N3CC[NH+]([O-])S3(=O)=O)c(OCc3ccccc3)cc2c1. The molecule has 3 aromatic carbocycles. The summed E-state index contributed by atoms with van der Waals surface area (Å²) in [5.74, 6) is -0.725. The number of benzene rings is 3. The molecule has 4 rings (SSSR count). The first-order valence-electron chi connectivity index (χ1n) is 8.62. The van der Waals surface area contributed by atoms with Crippen molar-refractivity contribution in [2.75, 3.05) is 23.1 Å². The molecule has 1 unspecified atom stereocenters. The van der Waals surface area contributed by atoms with Crippen LogP contribution < -0.4 is 19.2 Å². The summed E-state index contributed by atoms with van der Waals surface area (Å²) >= 11 is 0. The fourth-order valence-electron chi connectivity index (χ4n) is 3.22. The maximum atomic E-state index is 15.4. The minimum Gasteiger partial charge on any atom is -0.617 e. The lowest BCUT2D eigenvalue weighted by atomic mass is 10.1. The van der Waals surface area contributed by atoms with Crippen molar-refractivity contribution in [3.63, 3.8) is 0 Å². The van der Waals surface area contributed by atoms with E-state index in [2.05, 4.69) is 0 Å². The van der Waals surface area contributed by atoms with Gasteiger partial charge in [0, 0.05) is 11.1 Å². The Hall–Kier alpha value is -2.88. The molecule has 1 fully saturated rings. The highest BCUT2D eigenvalue weighted by Crippen LogP contribution is 2.39. The van der Waals surface area contributed by atoms with Gasteiger partial charge in [-0.05, 0) is 35.2 Å². The van der Waals surface area contributed by atoms with Crippen molar-refractivity contribution < 1.29 is 22.0 Å². The zero-order valence-corrected chi connectivity index (χ0v) is 15.6. The molecule has 1 heterocycles. The van der Waals surface area contributed by atoms with Crippen LogP contribution in [-0.2, 0) is 16.8 Å². The third kappa shape index (κ3) is 3.13. The molecule has 3 aromatic rings. The molecule has 0 radical (unpaired) electrons. The maximum Gasteiger partial charge on any atom is 0.395 e. The van der Waals surface area contributed by atoms with Gasteiger partial charge in [-0.2, -0.15) is 8.42 Å². The van der Waals surface area contributed by atoms with Crippen LogP contribution in [0.25, 0.3) is 10.8 Å². The van der Waals surface area contributed by atoms with Gasteiger partial charge in [-0.3, -0.25) is 0 Å². The summed E-state index contributed by atoms with van der Waals surface area (Å²) in [7, 11) is -4.27. The molecule has 0 amide bonds. The van der Waals surface area contributed by atoms with E-state index in [0.29, 0.717) is 11.1 Å². The molecule has 0 aromatic heterocycles. The van der Waals surface area contributed by atoms with Crippen molar-refractivity contribution in [1.82, 2.24) is 0 Å². The number of quaternary nitrogens is 1. The second-order valence-corrected chi connectivity index (χ2v) is 8.34. The van der Waals surface area contributed by atoms with E-state index >= 15 is 4.39 Å². The third-order valence-corrected chi connectivity index (χ3v) is 6.35. The van der Waals surface area contributed by atoms with Crippen molar-refractivity contribution in [2.24, 2.45) is 0 Å². The molecule has 3 N–H and O–H groups in total. The topological polar surface area (TPSA) is 100 Å². The van der Waals surface area contributed by atoms with Crippen LogP contribution in [-0.4, -0.2) is 21.5 Å². The average molecular weight is 403 g/mol. The number of nitrogens with one attached hydrogen (secondary N) is 1. The molecule has 7 nitrogen and oxygen atoms in total. The summed E-state index contributed by atoms with van der Waals surface area (Å²) in [5, 5.41) is 12.5. The lowest BCUT2D eigenvalue weighted by Crippen LogP contribution is -3.07. The molecule has 0 bridgehead atoms. The smallest absolute Gasteiger partial charge is 0.395 e. The zero-order chi connectivity index (χ0) is 19.9. The van der Waals surface area contributed by atoms with Gasteiger partial charge in [0.15, 0.2) is 5.82 Å². The van der Waals surface area contributed by atoms with Crippen LogP contribution in [0.2, 0.25) is 0 Å². The Morgan fingerprint density at radius 3 is 2.61 bits per heavy atom. The van der Waals surface area contributed by atoms with Crippen molar-refractivity contribution in [2.45, 2.75) is 6.61 Å². The second-order valence-electron chi connectivity index (χ2n) is 6.49. The van der Waals surface area contributed by atoms with E-state index in [0.717, 1.165) is 9.87 Å². The van der Waals surface area contributed by atoms with Crippen molar-refractivity contribution in [3.05, 3.63) is 71.2 Å². The molecule has 9 heteroatoms. The maximum absolute atomic E-state index is 15.4. The fraction of sp³-hybridized carbons (Fsp3) is 0.158. The average Bonchev–Trinajstić information content (AvgIpc) is 2.93. The summed E-state index contributed by atoms with van der Waals surface area (Å²) in [6, 6.07) is 15.4. The number of hydrogen-bond donors (Lipinski definition) is 2. The standard InChI is InChI=1S/C19H18FN3O4S/c20-18-16-7-6-15(21)10-14(16)11-17(27-12-13-4-2-1-3-5-13)19(18)22-8-9-23(24)28(22,25)26/h1-7,10-11,23H,8-9,12,21H2. The monoisotopic (exact) mass is 403 g/mol. The quantitative estimate of drug-likeness (QED) is 0.509. The highest BCUT2D eigenvalue weighted by molar-refractivity contribution is 7.86. The predicted molar refractivity (Wildman–Crippen MR) is 105 cm³/mol. The molecule has 1 aliphatic heterocycles. The summed E-state index contributed by atoms with van der Waals surface area (Å²) in [4.78, 5) is 0. The summed E-state index contributed by atoms with van der Waals surface area (Å²) < 4.78 is 45.8. The Labute approximate surface area is 161 Å². The Bertz CT molecular complexity index is 1140. The predicted octanol–water partition coefficient (Wildman–Crippen LogP) is 1.59. The van der Waals surface area contributed by atoms with Gasteiger partial charge < -0.3 is 15.7 Å². The third-order valence-electron chi connectivity index (χ3n) is 4.62. The number of nitrogens with zero attached hydrogens (tertiary/aromatic N) is 1. The minimum atomic E-state index is -4.27. The van der Waals surface area contributed by atoms with Gasteiger partial charge in [-0.15, -0.1) is 0 Å². The number of ether oxygens (including phenoxy) is 1. The lowest BCUT2D eigenvalue weighted by Gasteiger charge is -2.22. The van der Waals surface area contributed by atoms with Crippen molar-refractivity contribution >= 4 is 32.4 Å². The van der Waals surface area contributed by atoms with Crippen LogP contribution in [0.4, 0.5) is 15.8 Å². The fourth-order valence-corrected chi connectivity index (χ4v) is 4.56. The van der Waals surface area contributed by atoms with Gasteiger partial charge in [-0.1, -0.05) is 30.3 Å². The second kappa shape index (κ2) is 6.93. The molecule has 0 aliphatic carbocycles. The van der Waals surface area contributed by atoms with Gasteiger partial charge in [0.1, 0.15) is 24.6 Å². The molecule has 28 heavy (non-hydrogen) atoms. The molecule has 1 atom stereocenters. The molecule has 0 saturated carbocycles. The van der Waals surface area contributed by atoms with Crippen LogP contribution in [0.1, 0.15) is 5.56 Å². The molecule has 1 saturated heterocycles. The number of nitrogens with two attached hydrogens (primary N) is 1. The van der Waals surface area contributed by atoms with Crippen LogP contribution >= 0.6 is 0 Å². The number of halogens is 1. The highest BCUT2D eigenvalue weighted by atomic mass is 32.2. The highest BCUT2D eigenvalue weighted by Gasteiger charge is 2.40. The number of fused-ring (bicyclic) bond motifs is 1. The van der Waals surface area contributed by atoms with E-state index in [1.165, 1.54) is 12.1 Å². The molecule has 0 spiro atoms. The number of rotatable bonds is 4. The Kier molecular flexibility index (Phi) is 4.58. The van der Waals surface area contributed by atoms with E-state index in [1.54, 1.807) is 12.1 Å². The van der Waals surface area contributed by atoms with Gasteiger partial charge in [0.2, 0.25) is 0 Å². The molecule has 146 valence electrons. The van der Waals surface area contributed by atoms with E-state index in [9.17, 15) is 13.6 Å². The Balaban J connectivity index is 1.85. The van der Waals surface area contributed by atoms with Gasteiger partial charge in [0.25, 0.3) is 0 Å². The Morgan fingerprint density at radius 2 is 1.93 bits per heavy atom. The molecular formula is C19H18FN3O4S. The van der Waals surface area contributed by atoms with Crippen LogP contribution in [0.15, 0.2) is 54.6 Å². The van der Waals surface area contributed by atoms with Crippen LogP contribution in [0.5, 0.6) is 5.75 Å². The lowest BCUT2D eigenvalue weighted by molar-refractivity contribution is -0.698. The van der Waals surface area contributed by atoms with Crippen LogP contribution in [0, 0.1) is 11.0 Å². The number of hydrogen-bond acceptors (Lipinski definition) is 5. The first-order valence-corrected chi connectivity index (χ1v) is 10.1. The number of hydroxylamine groups is 1. The largest absolute Gasteiger partial charge is 0.617 e. The van der Waals surface area contributed by atoms with Gasteiger partial charge >= 0.3 is 10.2 Å². The molecular weight excluding hydrogens is 385 g/mol. The van der Waals surface area contributed by atoms with E-state index in [-0.39, 0.29) is 36.5 Å². The summed E-state index contributed by atoms with van der Waals surface area (Å²) in [5.41, 5.74) is 6.82. The van der Waals surface area contributed by atoms with E-state index in [1.807, 2.05) is 30.3 Å². The normalized spacial score (nSPS) is 18.5. The number of nitrogen functional groups attached to an aromatic ring is 1. The van der Waals surface area contributed by atoms with Crippen molar-refractivity contribution in [3.8, 4) is 5.75 Å². The van der Waals surface area contributed by atoms with Gasteiger partial charge in [-0.25, -0.2) is 13.2 Å². The van der Waals surface area contributed by atoms with Crippen molar-refractivity contribution in [1.29, 1.82) is 0 Å². The van der Waals surface area contributed by atoms with E-state index in [4.69, 9.17) is 10.5 Å².